The molecule has 0 radical (unpaired) electrons. The normalized spacial score (nSPS) is 7.09. The number of allylic oxidation sites excluding steroid dienone is 1. The molecule has 0 bridgehead atoms. The first-order valence-electron chi connectivity index (χ1n) is 2.40. The fourth-order valence-corrected chi connectivity index (χ4v) is 2.69. The first-order chi connectivity index (χ1) is 4.86. The Morgan fingerprint density at radius 3 is 1.64 bits per heavy atom. The molecule has 0 atom stereocenters. The van der Waals surface area contributed by atoms with Gasteiger partial charge in [-0.05, 0) is 6.92 Å². The van der Waals surface area contributed by atoms with Crippen LogP contribution in [0.5, 0.6) is 0 Å². The van der Waals surface area contributed by atoms with Crippen LogP contribution < -0.4 is 0 Å². The average Bonchev–Trinajstić information content (AvgIpc) is 1.56. The van der Waals surface area contributed by atoms with Gasteiger partial charge in [0.25, 0.3) is 0 Å². The van der Waals surface area contributed by atoms with Crippen LogP contribution in [0.25, 0.3) is 0 Å². The Morgan fingerprint density at radius 1 is 1.36 bits per heavy atom. The summed E-state index contributed by atoms with van der Waals surface area (Å²) >= 11 is 5.59. The maximum Gasteiger partial charge on any atom is 0.179 e. The van der Waals surface area contributed by atoms with Crippen molar-refractivity contribution in [3.8, 4) is 0 Å². The van der Waals surface area contributed by atoms with E-state index in [1.807, 2.05) is 0 Å². The van der Waals surface area contributed by atoms with Gasteiger partial charge in [-0.25, -0.2) is 0 Å². The smallest absolute Gasteiger partial charge is 0.179 e. The molecular weight excluding hydrogens is 284 g/mol. The van der Waals surface area contributed by atoms with E-state index in [9.17, 15) is 6.80 Å². The minimum atomic E-state index is -3.20. The van der Waals surface area contributed by atoms with Gasteiger partial charge in [0, 0.05) is 4.91 Å². The number of rotatable bonds is 0. The van der Waals surface area contributed by atoms with Gasteiger partial charge < -0.3 is 12.6 Å². The Bertz CT molecular complexity index is 269. The molecule has 0 saturated carbocycles. The maximum absolute atomic E-state index is 9.83. The van der Waals surface area contributed by atoms with Gasteiger partial charge in [-0.2, -0.15) is 0 Å². The monoisotopic (exact) mass is 293 g/mol. The van der Waals surface area contributed by atoms with E-state index in [0.717, 1.165) is 8.54 Å². The van der Waals surface area contributed by atoms with Crippen molar-refractivity contribution in [3.05, 3.63) is 11.5 Å². The minimum absolute atomic E-state index is 0.488. The number of hydrogen-bond acceptors (Lipinski definition) is 4. The van der Waals surface area contributed by atoms with Crippen LogP contribution in [0, 0.1) is 6.58 Å². The molecule has 0 amide bonds. The fourth-order valence-electron chi connectivity index (χ4n) is 0.0958. The average molecular weight is 291 g/mol. The van der Waals surface area contributed by atoms with Crippen LogP contribution >= 0.6 is 8.54 Å². The Labute approximate surface area is 85.1 Å². The third kappa shape index (κ3) is 37.1. The Morgan fingerprint density at radius 2 is 1.64 bits per heavy atom. The molecule has 0 fully saturated rings. The van der Waals surface area contributed by atoms with Gasteiger partial charge in [-0.15, -0.1) is 0 Å². The van der Waals surface area contributed by atoms with Crippen LogP contribution in [-0.4, -0.2) is 4.20 Å². The van der Waals surface area contributed by atoms with Gasteiger partial charge in [0.05, 0.1) is 0 Å². The van der Waals surface area contributed by atoms with E-state index >= 15 is 0 Å². The van der Waals surface area contributed by atoms with Gasteiger partial charge in [0.1, 0.15) is 0 Å². The van der Waals surface area contributed by atoms with E-state index in [1.54, 1.807) is 13.8 Å². The van der Waals surface area contributed by atoms with Gasteiger partial charge >= 0.3 is 54.5 Å². The molecular formula is C5H7MoO2S3-. The van der Waals surface area contributed by atoms with Gasteiger partial charge in [-0.3, -0.25) is 0 Å². The molecule has 0 aromatic heterocycles. The van der Waals surface area contributed by atoms with Crippen molar-refractivity contribution in [1.29, 1.82) is 0 Å². The fraction of sp³-hybridized carbons (Fsp3) is 0.400. The van der Waals surface area contributed by atoms with E-state index in [1.165, 1.54) is 0 Å². The predicted octanol–water partition coefficient (Wildman–Crippen LogP) is 1.51. The maximum atomic E-state index is 9.83. The summed E-state index contributed by atoms with van der Waals surface area (Å²) in [5.74, 6) is 0. The molecule has 0 aliphatic rings. The van der Waals surface area contributed by atoms with Crippen LogP contribution in [0.1, 0.15) is 13.8 Å². The molecule has 11 heavy (non-hydrogen) atoms. The second-order valence-corrected chi connectivity index (χ2v) is 7.53. The quantitative estimate of drug-likeness (QED) is 0.293. The van der Waals surface area contributed by atoms with Gasteiger partial charge in [0.2, 0.25) is 0 Å². The Balaban J connectivity index is 0. The predicted molar refractivity (Wildman–Crippen MR) is 47.9 cm³/mol. The zero-order valence-electron chi connectivity index (χ0n) is 6.03. The topological polar surface area (TPSA) is 34.1 Å². The van der Waals surface area contributed by atoms with Crippen molar-refractivity contribution in [2.75, 3.05) is 0 Å². The molecule has 0 spiro atoms. The summed E-state index contributed by atoms with van der Waals surface area (Å²) in [7, 11) is 0.800. The molecule has 0 heterocycles. The second-order valence-electron chi connectivity index (χ2n) is 1.39. The second kappa shape index (κ2) is 8.69. The van der Waals surface area contributed by atoms with E-state index in [0.29, 0.717) is 9.10 Å². The molecule has 64 valence electrons. The SMILES string of the molecule is CC([S-])=[S]=[Mo](=[O])=[O].[CH+]=C(C)[S-]. The minimum Gasteiger partial charge on any atom is -0.728 e. The van der Waals surface area contributed by atoms with Crippen molar-refractivity contribution < 1.29 is 22.2 Å². The van der Waals surface area contributed by atoms with Crippen LogP contribution in [0.15, 0.2) is 4.91 Å². The standard InChI is InChI=1S/C3H4S.C2H4S2.Mo.2O/c1-3(2)4;1-2(3)4;;;/h1H,2H3;1H3,(H,3,4);;;/p-1. The largest absolute Gasteiger partial charge is 0.728 e. The van der Waals surface area contributed by atoms with Crippen molar-refractivity contribution in [2.24, 2.45) is 0 Å². The summed E-state index contributed by atoms with van der Waals surface area (Å²) in [6.07, 6.45) is 0. The molecule has 0 saturated heterocycles. The first-order valence-corrected chi connectivity index (χ1v) is 8.06. The van der Waals surface area contributed by atoms with Crippen molar-refractivity contribution >= 4 is 38.0 Å². The number of hydrogen-bond donors (Lipinski definition) is 0. The zero-order valence-corrected chi connectivity index (χ0v) is 10.5. The van der Waals surface area contributed by atoms with Crippen molar-refractivity contribution in [1.82, 2.24) is 0 Å². The first kappa shape index (κ1) is 14.1. The van der Waals surface area contributed by atoms with Gasteiger partial charge in [0.15, 0.2) is 6.58 Å². The molecule has 2 nitrogen and oxygen atoms in total. The molecule has 0 aromatic rings. The summed E-state index contributed by atoms with van der Waals surface area (Å²) in [6, 6.07) is 0. The Hall–Kier alpha value is 0.598. The van der Waals surface area contributed by atoms with Crippen molar-refractivity contribution in [2.45, 2.75) is 13.8 Å². The van der Waals surface area contributed by atoms with E-state index < -0.39 is 15.4 Å². The van der Waals surface area contributed by atoms with Gasteiger partial charge in [-0.1, -0.05) is 0 Å². The molecule has 0 aromatic carbocycles. The van der Waals surface area contributed by atoms with E-state index in [2.05, 4.69) is 25.3 Å². The summed E-state index contributed by atoms with van der Waals surface area (Å²) in [4.78, 5) is 0.500. The molecule has 6 heteroatoms. The molecule has 0 rings (SSSR count). The summed E-state index contributed by atoms with van der Waals surface area (Å²) < 4.78 is 20.1. The summed E-state index contributed by atoms with van der Waals surface area (Å²) in [5, 5.41) is 0. The van der Waals surface area contributed by atoms with E-state index in [4.69, 9.17) is 6.58 Å². The molecule has 0 aliphatic carbocycles. The molecule has 0 N–H and O–H groups in total. The molecule has 0 unspecified atom stereocenters. The third-order valence-electron chi connectivity index (χ3n) is 0.185. The third-order valence-corrected chi connectivity index (χ3v) is 4.50. The van der Waals surface area contributed by atoms with Crippen LogP contribution in [0.3, 0.4) is 0 Å². The zero-order chi connectivity index (χ0) is 9.44. The summed E-state index contributed by atoms with van der Waals surface area (Å²) in [5.41, 5.74) is 0. The summed E-state index contributed by atoms with van der Waals surface area (Å²) in [6.45, 7) is 8.12. The molecule has 0 aliphatic heterocycles. The van der Waals surface area contributed by atoms with Crippen LogP contribution in [0.4, 0.5) is 0 Å². The van der Waals surface area contributed by atoms with Crippen molar-refractivity contribution in [3.63, 3.8) is 0 Å². The van der Waals surface area contributed by atoms with Crippen LogP contribution in [0.2, 0.25) is 0 Å². The van der Waals surface area contributed by atoms with Crippen LogP contribution in [-0.2, 0) is 47.5 Å². The Kier molecular flexibility index (Phi) is 11.2. The van der Waals surface area contributed by atoms with E-state index in [-0.39, 0.29) is 0 Å².